The van der Waals surface area contributed by atoms with E-state index in [9.17, 15) is 0 Å². The van der Waals surface area contributed by atoms with Crippen LogP contribution >= 0.6 is 11.6 Å². The molecule has 100 valence electrons. The molecular formula is C15H23ClN2. The van der Waals surface area contributed by atoms with Crippen molar-refractivity contribution in [3.05, 3.63) is 28.8 Å². The molecule has 3 N–H and O–H groups in total. The normalized spacial score (nSPS) is 18.1. The van der Waals surface area contributed by atoms with Crippen LogP contribution in [-0.4, -0.2) is 6.54 Å². The number of halogens is 1. The SMILES string of the molecule is CCC1(CNCc2cc(N)cc(Cl)c2)CCCC1. The monoisotopic (exact) mass is 266 g/mol. The van der Waals surface area contributed by atoms with Gasteiger partial charge in [-0.2, -0.15) is 0 Å². The van der Waals surface area contributed by atoms with Gasteiger partial charge in [0.1, 0.15) is 0 Å². The van der Waals surface area contributed by atoms with Crippen molar-refractivity contribution in [1.29, 1.82) is 0 Å². The van der Waals surface area contributed by atoms with Crippen LogP contribution in [0.25, 0.3) is 0 Å². The highest BCUT2D eigenvalue weighted by Gasteiger charge is 2.31. The van der Waals surface area contributed by atoms with Gasteiger partial charge in [0.05, 0.1) is 0 Å². The number of nitrogen functional groups attached to an aromatic ring is 1. The molecule has 3 heteroatoms. The molecule has 1 aliphatic rings. The third-order valence-electron chi connectivity index (χ3n) is 4.22. The summed E-state index contributed by atoms with van der Waals surface area (Å²) >= 11 is 6.00. The molecule has 2 nitrogen and oxygen atoms in total. The lowest BCUT2D eigenvalue weighted by Gasteiger charge is -2.27. The van der Waals surface area contributed by atoms with E-state index in [1.807, 2.05) is 12.1 Å². The van der Waals surface area contributed by atoms with Crippen molar-refractivity contribution < 1.29 is 0 Å². The van der Waals surface area contributed by atoms with E-state index in [-0.39, 0.29) is 0 Å². The van der Waals surface area contributed by atoms with Crippen molar-refractivity contribution in [2.45, 2.75) is 45.6 Å². The zero-order valence-corrected chi connectivity index (χ0v) is 11.9. The fraction of sp³-hybridized carbons (Fsp3) is 0.600. The van der Waals surface area contributed by atoms with Gasteiger partial charge >= 0.3 is 0 Å². The third-order valence-corrected chi connectivity index (χ3v) is 4.44. The topological polar surface area (TPSA) is 38.0 Å². The average molecular weight is 267 g/mol. The highest BCUT2D eigenvalue weighted by molar-refractivity contribution is 6.30. The molecule has 1 fully saturated rings. The number of rotatable bonds is 5. The van der Waals surface area contributed by atoms with Gasteiger partial charge in [0.2, 0.25) is 0 Å². The minimum atomic E-state index is 0.532. The summed E-state index contributed by atoms with van der Waals surface area (Å²) in [5.74, 6) is 0. The first-order valence-corrected chi connectivity index (χ1v) is 7.27. The first-order valence-electron chi connectivity index (χ1n) is 6.89. The third kappa shape index (κ3) is 3.39. The van der Waals surface area contributed by atoms with Crippen LogP contribution in [0.1, 0.15) is 44.6 Å². The summed E-state index contributed by atoms with van der Waals surface area (Å²) in [5, 5.41) is 4.30. The fourth-order valence-corrected chi connectivity index (χ4v) is 3.30. The summed E-state index contributed by atoms with van der Waals surface area (Å²) in [6.45, 7) is 4.27. The molecule has 1 aromatic carbocycles. The van der Waals surface area contributed by atoms with Crippen molar-refractivity contribution in [2.24, 2.45) is 5.41 Å². The number of hydrogen-bond donors (Lipinski definition) is 2. The van der Waals surface area contributed by atoms with Crippen molar-refractivity contribution in [3.8, 4) is 0 Å². The molecule has 1 aromatic rings. The highest BCUT2D eigenvalue weighted by atomic mass is 35.5. The van der Waals surface area contributed by atoms with Gasteiger partial charge in [-0.15, -0.1) is 0 Å². The lowest BCUT2D eigenvalue weighted by atomic mass is 9.83. The molecule has 0 amide bonds. The number of hydrogen-bond acceptors (Lipinski definition) is 2. The zero-order chi connectivity index (χ0) is 13.0. The predicted octanol–water partition coefficient (Wildman–Crippen LogP) is 3.98. The molecular weight excluding hydrogens is 244 g/mol. The van der Waals surface area contributed by atoms with Gasteiger partial charge in [-0.1, -0.05) is 31.4 Å². The largest absolute Gasteiger partial charge is 0.399 e. The summed E-state index contributed by atoms with van der Waals surface area (Å²) in [5.41, 5.74) is 8.24. The molecule has 0 heterocycles. The number of nitrogens with two attached hydrogens (primary N) is 1. The molecule has 0 bridgehead atoms. The van der Waals surface area contributed by atoms with Gasteiger partial charge in [0.25, 0.3) is 0 Å². The maximum absolute atomic E-state index is 6.00. The first kappa shape index (κ1) is 13.7. The van der Waals surface area contributed by atoms with Crippen LogP contribution in [-0.2, 0) is 6.54 Å². The second-order valence-corrected chi connectivity index (χ2v) is 5.99. The van der Waals surface area contributed by atoms with E-state index in [2.05, 4.69) is 12.2 Å². The lowest BCUT2D eigenvalue weighted by Crippen LogP contribution is -2.31. The Morgan fingerprint density at radius 3 is 2.61 bits per heavy atom. The minimum absolute atomic E-state index is 0.532. The Bertz CT molecular complexity index is 377. The molecule has 1 saturated carbocycles. The molecule has 1 aliphatic carbocycles. The molecule has 0 unspecified atom stereocenters. The van der Waals surface area contributed by atoms with Crippen LogP contribution < -0.4 is 11.1 Å². The smallest absolute Gasteiger partial charge is 0.0429 e. The highest BCUT2D eigenvalue weighted by Crippen LogP contribution is 2.40. The van der Waals surface area contributed by atoms with E-state index in [4.69, 9.17) is 17.3 Å². The quantitative estimate of drug-likeness (QED) is 0.791. The maximum atomic E-state index is 6.00. The molecule has 0 spiro atoms. The van der Waals surface area contributed by atoms with Crippen LogP contribution in [0.15, 0.2) is 18.2 Å². The van der Waals surface area contributed by atoms with E-state index >= 15 is 0 Å². The molecule has 0 aliphatic heterocycles. The fourth-order valence-electron chi connectivity index (χ4n) is 3.03. The van der Waals surface area contributed by atoms with Crippen molar-refractivity contribution in [3.63, 3.8) is 0 Å². The molecule has 18 heavy (non-hydrogen) atoms. The summed E-state index contributed by atoms with van der Waals surface area (Å²) in [4.78, 5) is 0. The molecule has 0 saturated heterocycles. The Labute approximate surface area is 115 Å². The Kier molecular flexibility index (Phi) is 4.52. The van der Waals surface area contributed by atoms with E-state index < -0.39 is 0 Å². The Balaban J connectivity index is 1.87. The first-order chi connectivity index (χ1) is 8.63. The van der Waals surface area contributed by atoms with Gasteiger partial charge in [0.15, 0.2) is 0 Å². The van der Waals surface area contributed by atoms with Gasteiger partial charge < -0.3 is 11.1 Å². The molecule has 0 radical (unpaired) electrons. The number of benzene rings is 1. The van der Waals surface area contributed by atoms with Crippen molar-refractivity contribution >= 4 is 17.3 Å². The van der Waals surface area contributed by atoms with Crippen molar-refractivity contribution in [2.75, 3.05) is 12.3 Å². The number of anilines is 1. The van der Waals surface area contributed by atoms with Gasteiger partial charge in [0, 0.05) is 23.8 Å². The van der Waals surface area contributed by atoms with Gasteiger partial charge in [-0.3, -0.25) is 0 Å². The van der Waals surface area contributed by atoms with E-state index in [1.54, 1.807) is 6.07 Å². The zero-order valence-electron chi connectivity index (χ0n) is 11.1. The van der Waals surface area contributed by atoms with Crippen LogP contribution in [0.2, 0.25) is 5.02 Å². The van der Waals surface area contributed by atoms with E-state index in [0.29, 0.717) is 5.41 Å². The van der Waals surface area contributed by atoms with E-state index in [1.165, 1.54) is 37.7 Å². The summed E-state index contributed by atoms with van der Waals surface area (Å²) in [6, 6.07) is 5.76. The van der Waals surface area contributed by atoms with Crippen molar-refractivity contribution in [1.82, 2.24) is 5.32 Å². The summed E-state index contributed by atoms with van der Waals surface area (Å²) < 4.78 is 0. The van der Waals surface area contributed by atoms with Crippen LogP contribution in [0.3, 0.4) is 0 Å². The van der Waals surface area contributed by atoms with Gasteiger partial charge in [-0.05, 0) is 48.4 Å². The van der Waals surface area contributed by atoms with Gasteiger partial charge in [-0.25, -0.2) is 0 Å². The second-order valence-electron chi connectivity index (χ2n) is 5.56. The van der Waals surface area contributed by atoms with Crippen LogP contribution in [0.4, 0.5) is 5.69 Å². The predicted molar refractivity (Wildman–Crippen MR) is 78.8 cm³/mol. The summed E-state index contributed by atoms with van der Waals surface area (Å²) in [7, 11) is 0. The molecule has 0 atom stereocenters. The lowest BCUT2D eigenvalue weighted by molar-refractivity contribution is 0.268. The average Bonchev–Trinajstić information content (AvgIpc) is 2.77. The van der Waals surface area contributed by atoms with E-state index in [0.717, 1.165) is 23.8 Å². The number of nitrogens with one attached hydrogen (secondary N) is 1. The Morgan fingerprint density at radius 2 is 2.00 bits per heavy atom. The Hall–Kier alpha value is -0.730. The minimum Gasteiger partial charge on any atom is -0.399 e. The summed E-state index contributed by atoms with van der Waals surface area (Å²) in [6.07, 6.45) is 6.79. The second kappa shape index (κ2) is 5.94. The standard InChI is InChI=1S/C15H23ClN2/c1-2-15(5-3-4-6-15)11-18-10-12-7-13(16)9-14(17)8-12/h7-9,18H,2-6,10-11,17H2,1H3. The Morgan fingerprint density at radius 1 is 1.28 bits per heavy atom. The van der Waals surface area contributed by atoms with Crippen LogP contribution in [0, 0.1) is 5.41 Å². The molecule has 0 aromatic heterocycles. The maximum Gasteiger partial charge on any atom is 0.0429 e. The van der Waals surface area contributed by atoms with Crippen LogP contribution in [0.5, 0.6) is 0 Å². The molecule has 2 rings (SSSR count).